The molecule has 0 fully saturated rings. The molecule has 0 radical (unpaired) electrons. The zero-order chi connectivity index (χ0) is 25.1. The summed E-state index contributed by atoms with van der Waals surface area (Å²) >= 11 is 0. The van der Waals surface area contributed by atoms with Crippen molar-refractivity contribution in [3.05, 3.63) is 90.8 Å². The molecule has 36 heavy (non-hydrogen) atoms. The minimum atomic E-state index is -4.46. The Kier molecular flexibility index (Phi) is 6.28. The highest BCUT2D eigenvalue weighted by Crippen LogP contribution is 2.34. The maximum absolute atomic E-state index is 13.4. The molecule has 3 heterocycles. The van der Waals surface area contributed by atoms with E-state index in [1.807, 2.05) is 30.3 Å². The van der Waals surface area contributed by atoms with Gasteiger partial charge in [0.05, 0.1) is 16.9 Å². The topological polar surface area (TPSA) is 70.2 Å². The number of anilines is 3. The summed E-state index contributed by atoms with van der Waals surface area (Å²) in [5.74, 6) is 0.364. The summed E-state index contributed by atoms with van der Waals surface area (Å²) in [6, 6.07) is 19.2. The van der Waals surface area contributed by atoms with Gasteiger partial charge in [0.1, 0.15) is 0 Å². The zero-order valence-electron chi connectivity index (χ0n) is 19.1. The first kappa shape index (κ1) is 23.3. The van der Waals surface area contributed by atoms with Crippen LogP contribution >= 0.6 is 0 Å². The first-order valence-electron chi connectivity index (χ1n) is 11.4. The predicted molar refractivity (Wildman–Crippen MR) is 134 cm³/mol. The van der Waals surface area contributed by atoms with E-state index in [1.54, 1.807) is 36.7 Å². The molecule has 2 amide bonds. The fourth-order valence-corrected chi connectivity index (χ4v) is 4.07. The van der Waals surface area contributed by atoms with E-state index in [2.05, 4.69) is 20.6 Å². The van der Waals surface area contributed by atoms with E-state index in [-0.39, 0.29) is 6.03 Å². The number of nitrogens with zero attached hydrogens (tertiary/aromatic N) is 3. The van der Waals surface area contributed by atoms with Crippen LogP contribution in [0.1, 0.15) is 12.0 Å². The number of fused-ring (bicyclic) bond motifs is 1. The lowest BCUT2D eigenvalue weighted by Crippen LogP contribution is -2.36. The molecule has 0 aliphatic carbocycles. The van der Waals surface area contributed by atoms with Crippen molar-refractivity contribution in [3.8, 4) is 22.4 Å². The van der Waals surface area contributed by atoms with Gasteiger partial charge in [0.25, 0.3) is 0 Å². The summed E-state index contributed by atoms with van der Waals surface area (Å²) in [5.41, 5.74) is 2.99. The number of rotatable bonds is 3. The number of carbonyl (C=O) groups excluding carboxylic acids is 1. The molecule has 0 unspecified atom stereocenters. The largest absolute Gasteiger partial charge is 0.416 e. The highest BCUT2D eigenvalue weighted by Gasteiger charge is 2.31. The lowest BCUT2D eigenvalue weighted by molar-refractivity contribution is -0.137. The lowest BCUT2D eigenvalue weighted by atomic mass is 10.1. The molecule has 2 N–H and O–H groups in total. The van der Waals surface area contributed by atoms with Gasteiger partial charge in [0, 0.05) is 42.3 Å². The van der Waals surface area contributed by atoms with Crippen molar-refractivity contribution in [1.82, 2.24) is 9.97 Å². The number of urea groups is 1. The quantitative estimate of drug-likeness (QED) is 0.337. The fourth-order valence-electron chi connectivity index (χ4n) is 4.07. The van der Waals surface area contributed by atoms with Gasteiger partial charge in [-0.2, -0.15) is 13.2 Å². The summed E-state index contributed by atoms with van der Waals surface area (Å²) in [6.07, 6.45) is -0.338. The number of nitrogens with one attached hydrogen (secondary N) is 2. The van der Waals surface area contributed by atoms with Crippen LogP contribution in [0.4, 0.5) is 35.2 Å². The van der Waals surface area contributed by atoms with Gasteiger partial charge in [-0.1, -0.05) is 30.3 Å². The molecule has 5 rings (SSSR count). The molecule has 2 aromatic carbocycles. The third-order valence-electron chi connectivity index (χ3n) is 5.84. The van der Waals surface area contributed by atoms with Crippen molar-refractivity contribution < 1.29 is 18.0 Å². The van der Waals surface area contributed by atoms with Gasteiger partial charge >= 0.3 is 12.2 Å². The number of carbonyl (C=O) groups is 1. The van der Waals surface area contributed by atoms with E-state index in [4.69, 9.17) is 0 Å². The Labute approximate surface area is 205 Å². The maximum atomic E-state index is 13.4. The number of benzene rings is 2. The van der Waals surface area contributed by atoms with Gasteiger partial charge in [0.15, 0.2) is 5.82 Å². The third kappa shape index (κ3) is 5.00. The molecule has 0 atom stereocenters. The van der Waals surface area contributed by atoms with Gasteiger partial charge in [0.2, 0.25) is 0 Å². The molecule has 0 saturated carbocycles. The van der Waals surface area contributed by atoms with Crippen molar-refractivity contribution in [2.75, 3.05) is 28.6 Å². The minimum Gasteiger partial charge on any atom is -0.382 e. The van der Waals surface area contributed by atoms with Gasteiger partial charge < -0.3 is 10.6 Å². The maximum Gasteiger partial charge on any atom is 0.416 e. The number of hydrogen-bond donors (Lipinski definition) is 2. The normalized spacial score (nSPS) is 13.4. The second-order valence-corrected chi connectivity index (χ2v) is 8.33. The lowest BCUT2D eigenvalue weighted by Gasteiger charge is -2.22. The number of hydrogen-bond acceptors (Lipinski definition) is 4. The first-order chi connectivity index (χ1) is 17.4. The van der Waals surface area contributed by atoms with Crippen LogP contribution in [0.15, 0.2) is 85.2 Å². The van der Waals surface area contributed by atoms with Crippen LogP contribution in [0, 0.1) is 0 Å². The third-order valence-corrected chi connectivity index (χ3v) is 5.84. The molecule has 0 spiro atoms. The summed E-state index contributed by atoms with van der Waals surface area (Å²) in [4.78, 5) is 23.6. The second-order valence-electron chi connectivity index (χ2n) is 8.33. The molecular weight excluding hydrogens is 467 g/mol. The Balaban J connectivity index is 1.44. The molecule has 6 nitrogen and oxygen atoms in total. The van der Waals surface area contributed by atoms with E-state index in [1.165, 1.54) is 11.0 Å². The number of aromatic nitrogens is 2. The molecule has 4 aromatic rings. The number of alkyl halides is 3. The second kappa shape index (κ2) is 9.69. The van der Waals surface area contributed by atoms with Gasteiger partial charge in [-0.05, 0) is 54.4 Å². The Morgan fingerprint density at radius 2 is 1.75 bits per heavy atom. The molecule has 9 heteroatoms. The fraction of sp³-hybridized carbons (Fsp3) is 0.148. The highest BCUT2D eigenvalue weighted by molar-refractivity contribution is 6.03. The first-order valence-corrected chi connectivity index (χ1v) is 11.4. The summed E-state index contributed by atoms with van der Waals surface area (Å²) < 4.78 is 39.7. The van der Waals surface area contributed by atoms with Gasteiger partial charge in [-0.25, -0.2) is 9.78 Å². The SMILES string of the molecule is O=C(Nc1cccc(-c2cccnc2)c1)N1CCCNc2ccc(-c3cccc(C(F)(F)F)c3)nc21. The van der Waals surface area contributed by atoms with Crippen LogP contribution in [-0.4, -0.2) is 29.1 Å². The average Bonchev–Trinajstić information content (AvgIpc) is 3.11. The van der Waals surface area contributed by atoms with Crippen LogP contribution in [0.2, 0.25) is 0 Å². The van der Waals surface area contributed by atoms with E-state index in [0.717, 1.165) is 23.3 Å². The van der Waals surface area contributed by atoms with Crippen molar-refractivity contribution >= 4 is 23.2 Å². The number of amides is 2. The van der Waals surface area contributed by atoms with Crippen LogP contribution in [0.3, 0.4) is 0 Å². The molecule has 2 aromatic heterocycles. The Hall–Kier alpha value is -4.40. The highest BCUT2D eigenvalue weighted by atomic mass is 19.4. The van der Waals surface area contributed by atoms with E-state index < -0.39 is 11.7 Å². The summed E-state index contributed by atoms with van der Waals surface area (Å²) in [5, 5.41) is 6.18. The van der Waals surface area contributed by atoms with Crippen LogP contribution < -0.4 is 15.5 Å². The Morgan fingerprint density at radius 1 is 0.944 bits per heavy atom. The molecule has 1 aliphatic rings. The van der Waals surface area contributed by atoms with Crippen molar-refractivity contribution in [2.24, 2.45) is 0 Å². The van der Waals surface area contributed by atoms with Crippen LogP contribution in [0.25, 0.3) is 22.4 Å². The monoisotopic (exact) mass is 489 g/mol. The molecule has 1 aliphatic heterocycles. The van der Waals surface area contributed by atoms with E-state index >= 15 is 0 Å². The number of pyridine rings is 2. The Bertz CT molecular complexity index is 1390. The van der Waals surface area contributed by atoms with E-state index in [9.17, 15) is 18.0 Å². The average molecular weight is 490 g/mol. The molecule has 0 saturated heterocycles. The van der Waals surface area contributed by atoms with Gasteiger partial charge in [-0.15, -0.1) is 0 Å². The van der Waals surface area contributed by atoms with Crippen LogP contribution in [-0.2, 0) is 6.18 Å². The van der Waals surface area contributed by atoms with E-state index in [0.29, 0.717) is 48.0 Å². The molecular formula is C27H22F3N5O. The molecule has 182 valence electrons. The van der Waals surface area contributed by atoms with Crippen LogP contribution in [0.5, 0.6) is 0 Å². The van der Waals surface area contributed by atoms with Crippen molar-refractivity contribution in [3.63, 3.8) is 0 Å². The standard InChI is InChI=1S/C27H22F3N5O/c28-27(29,30)21-8-1-6-19(15-21)23-10-11-24-25(34-23)35(14-4-13-32-24)26(36)33-22-9-2-5-18(16-22)20-7-3-12-31-17-20/h1-3,5-12,15-17,32H,4,13-14H2,(H,33,36). The number of halogens is 3. The van der Waals surface area contributed by atoms with Gasteiger partial charge in [-0.3, -0.25) is 9.88 Å². The van der Waals surface area contributed by atoms with Crippen molar-refractivity contribution in [2.45, 2.75) is 12.6 Å². The van der Waals surface area contributed by atoms with Crippen molar-refractivity contribution in [1.29, 1.82) is 0 Å². The molecule has 0 bridgehead atoms. The summed E-state index contributed by atoms with van der Waals surface area (Å²) in [7, 11) is 0. The zero-order valence-corrected chi connectivity index (χ0v) is 19.1. The minimum absolute atomic E-state index is 0.321. The predicted octanol–water partition coefficient (Wildman–Crippen LogP) is 6.68. The summed E-state index contributed by atoms with van der Waals surface area (Å²) in [6.45, 7) is 1.03. The smallest absolute Gasteiger partial charge is 0.382 e. The Morgan fingerprint density at radius 3 is 2.56 bits per heavy atom.